The van der Waals surface area contributed by atoms with Gasteiger partial charge in [0.25, 0.3) is 0 Å². The SMILES string of the molecule is COc1ccc2nc(NC(=O)C(CC3CCCC3)c3ccc(S(=O)(=O)N4CCN(CC(=O)NC(C)C)CC4)cc3)sc2n1. The van der Waals surface area contributed by atoms with Gasteiger partial charge in [0.15, 0.2) is 5.13 Å². The first-order chi connectivity index (χ1) is 20.6. The van der Waals surface area contributed by atoms with E-state index < -0.39 is 15.9 Å². The van der Waals surface area contributed by atoms with Gasteiger partial charge < -0.3 is 15.4 Å². The van der Waals surface area contributed by atoms with Crippen LogP contribution < -0.4 is 15.4 Å². The fourth-order valence-electron chi connectivity index (χ4n) is 5.85. The fourth-order valence-corrected chi connectivity index (χ4v) is 8.11. The molecule has 3 heterocycles. The first-order valence-electron chi connectivity index (χ1n) is 14.9. The molecule has 3 aromatic rings. The summed E-state index contributed by atoms with van der Waals surface area (Å²) in [5.74, 6) is 0.276. The Morgan fingerprint density at radius 2 is 1.72 bits per heavy atom. The van der Waals surface area contributed by atoms with Crippen LogP contribution >= 0.6 is 11.3 Å². The number of sulfonamides is 1. The van der Waals surface area contributed by atoms with E-state index in [4.69, 9.17) is 4.74 Å². The van der Waals surface area contributed by atoms with Gasteiger partial charge in [-0.3, -0.25) is 14.5 Å². The van der Waals surface area contributed by atoms with Crippen molar-refractivity contribution >= 4 is 48.7 Å². The molecule has 11 nitrogen and oxygen atoms in total. The van der Waals surface area contributed by atoms with E-state index in [-0.39, 0.29) is 29.3 Å². The molecular weight excluding hydrogens is 589 g/mol. The number of hydrogen-bond donors (Lipinski definition) is 2. The smallest absolute Gasteiger partial charge is 0.243 e. The van der Waals surface area contributed by atoms with Crippen molar-refractivity contribution in [3.8, 4) is 5.88 Å². The zero-order chi connectivity index (χ0) is 30.6. The van der Waals surface area contributed by atoms with Crippen molar-refractivity contribution in [1.29, 1.82) is 0 Å². The van der Waals surface area contributed by atoms with Gasteiger partial charge in [-0.15, -0.1) is 0 Å². The third kappa shape index (κ3) is 7.69. The van der Waals surface area contributed by atoms with Crippen molar-refractivity contribution in [2.24, 2.45) is 5.92 Å². The molecule has 1 aromatic carbocycles. The monoisotopic (exact) mass is 628 g/mol. The van der Waals surface area contributed by atoms with Crippen molar-refractivity contribution < 1.29 is 22.7 Å². The van der Waals surface area contributed by atoms with Crippen LogP contribution in [0.25, 0.3) is 10.3 Å². The van der Waals surface area contributed by atoms with Crippen LogP contribution in [0.1, 0.15) is 57.4 Å². The maximum Gasteiger partial charge on any atom is 0.243 e. The number of benzene rings is 1. The fraction of sp³-hybridized carbons (Fsp3) is 0.533. The summed E-state index contributed by atoms with van der Waals surface area (Å²) in [5.41, 5.74) is 1.47. The lowest BCUT2D eigenvalue weighted by Crippen LogP contribution is -2.51. The second kappa shape index (κ2) is 13.7. The summed E-state index contributed by atoms with van der Waals surface area (Å²) in [5, 5.41) is 6.34. The van der Waals surface area contributed by atoms with E-state index in [1.807, 2.05) is 24.8 Å². The number of methoxy groups -OCH3 is 1. The Balaban J connectivity index is 1.27. The molecule has 0 radical (unpaired) electrons. The van der Waals surface area contributed by atoms with Crippen molar-refractivity contribution in [2.75, 3.05) is 45.2 Å². The second-order valence-corrected chi connectivity index (χ2v) is 14.5. The van der Waals surface area contributed by atoms with Crippen LogP contribution in [0.5, 0.6) is 5.88 Å². The number of carbonyl (C=O) groups is 2. The lowest BCUT2D eigenvalue weighted by Gasteiger charge is -2.33. The Hall–Kier alpha value is -3.13. The Morgan fingerprint density at radius 1 is 1.02 bits per heavy atom. The molecule has 5 rings (SSSR count). The topological polar surface area (TPSA) is 134 Å². The van der Waals surface area contributed by atoms with Crippen LogP contribution in [0.3, 0.4) is 0 Å². The summed E-state index contributed by atoms with van der Waals surface area (Å²) in [6.45, 7) is 5.68. The predicted octanol–water partition coefficient (Wildman–Crippen LogP) is 3.83. The summed E-state index contributed by atoms with van der Waals surface area (Å²) in [7, 11) is -2.15. The number of ether oxygens (including phenoxy) is 1. The maximum atomic E-state index is 13.6. The number of carbonyl (C=O) groups excluding carboxylic acids is 2. The Kier molecular flexibility index (Phi) is 9.95. The summed E-state index contributed by atoms with van der Waals surface area (Å²) in [6.07, 6.45) is 5.20. The van der Waals surface area contributed by atoms with Crippen LogP contribution in [0.4, 0.5) is 5.13 Å². The average Bonchev–Trinajstić information content (AvgIpc) is 3.64. The molecule has 1 saturated heterocycles. The summed E-state index contributed by atoms with van der Waals surface area (Å²) >= 11 is 1.29. The Morgan fingerprint density at radius 3 is 2.37 bits per heavy atom. The number of nitrogens with zero attached hydrogens (tertiary/aromatic N) is 4. The largest absolute Gasteiger partial charge is 0.481 e. The number of fused-ring (bicyclic) bond motifs is 1. The molecule has 2 amide bonds. The summed E-state index contributed by atoms with van der Waals surface area (Å²) in [4.78, 5) is 37.5. The third-order valence-corrected chi connectivity index (χ3v) is 10.9. The minimum atomic E-state index is -3.71. The van der Waals surface area contributed by atoms with Crippen LogP contribution in [-0.2, 0) is 19.6 Å². The quantitative estimate of drug-likeness (QED) is 0.327. The van der Waals surface area contributed by atoms with Crippen LogP contribution in [0.15, 0.2) is 41.3 Å². The maximum absolute atomic E-state index is 13.6. The normalized spacial score (nSPS) is 17.8. The molecule has 1 unspecified atom stereocenters. The molecule has 2 fully saturated rings. The van der Waals surface area contributed by atoms with Gasteiger partial charge in [0.1, 0.15) is 10.3 Å². The third-order valence-electron chi connectivity index (χ3n) is 8.10. The lowest BCUT2D eigenvalue weighted by atomic mass is 9.87. The van der Waals surface area contributed by atoms with Crippen LogP contribution in [-0.4, -0.2) is 85.3 Å². The summed E-state index contributed by atoms with van der Waals surface area (Å²) in [6, 6.07) is 10.4. The number of pyridine rings is 1. The number of hydrogen-bond acceptors (Lipinski definition) is 9. The number of thiazole rings is 1. The standard InChI is InChI=1S/C30H40N6O5S2/c1-20(2)31-26(37)19-35-14-16-36(17-15-35)43(39,40)23-10-8-22(9-11-23)24(18-21-6-4-5-7-21)28(38)34-30-32-25-12-13-27(41-3)33-29(25)42-30/h8-13,20-21,24H,4-7,14-19H2,1-3H3,(H,31,37)(H,32,34,38). The molecule has 2 N–H and O–H groups in total. The number of nitrogens with one attached hydrogen (secondary N) is 2. The number of aromatic nitrogens is 2. The van der Waals surface area contributed by atoms with Crippen LogP contribution in [0.2, 0.25) is 0 Å². The minimum absolute atomic E-state index is 0.0573. The molecule has 2 aliphatic rings. The van der Waals surface area contributed by atoms with Crippen molar-refractivity contribution in [1.82, 2.24) is 24.5 Å². The minimum Gasteiger partial charge on any atom is -0.481 e. The Labute approximate surface area is 257 Å². The molecule has 0 bridgehead atoms. The molecule has 43 heavy (non-hydrogen) atoms. The molecule has 13 heteroatoms. The highest BCUT2D eigenvalue weighted by Gasteiger charge is 2.31. The van der Waals surface area contributed by atoms with Crippen molar-refractivity contribution in [3.05, 3.63) is 42.0 Å². The van der Waals surface area contributed by atoms with E-state index in [0.29, 0.717) is 59.9 Å². The highest BCUT2D eigenvalue weighted by atomic mass is 32.2. The molecule has 1 aliphatic carbocycles. The molecule has 1 atom stereocenters. The van der Waals surface area contributed by atoms with E-state index in [2.05, 4.69) is 20.6 Å². The van der Waals surface area contributed by atoms with Gasteiger partial charge in [-0.05, 0) is 49.9 Å². The molecular formula is C30H40N6O5S2. The average molecular weight is 629 g/mol. The first kappa shape index (κ1) is 31.3. The van der Waals surface area contributed by atoms with E-state index in [9.17, 15) is 18.0 Å². The van der Waals surface area contributed by atoms with Gasteiger partial charge in [-0.2, -0.15) is 4.31 Å². The number of piperazine rings is 1. The molecule has 1 saturated carbocycles. The van der Waals surface area contributed by atoms with Crippen molar-refractivity contribution in [3.63, 3.8) is 0 Å². The second-order valence-electron chi connectivity index (χ2n) is 11.6. The number of rotatable bonds is 11. The van der Waals surface area contributed by atoms with E-state index in [1.54, 1.807) is 37.4 Å². The van der Waals surface area contributed by atoms with Gasteiger partial charge in [0.05, 0.1) is 24.5 Å². The van der Waals surface area contributed by atoms with Gasteiger partial charge in [0, 0.05) is 38.3 Å². The molecule has 232 valence electrons. The van der Waals surface area contributed by atoms with Gasteiger partial charge in [-0.25, -0.2) is 18.4 Å². The van der Waals surface area contributed by atoms with Gasteiger partial charge in [-0.1, -0.05) is 49.2 Å². The van der Waals surface area contributed by atoms with E-state index >= 15 is 0 Å². The zero-order valence-corrected chi connectivity index (χ0v) is 26.5. The lowest BCUT2D eigenvalue weighted by molar-refractivity contribution is -0.123. The predicted molar refractivity (Wildman–Crippen MR) is 167 cm³/mol. The number of amides is 2. The molecule has 2 aromatic heterocycles. The van der Waals surface area contributed by atoms with Gasteiger partial charge >= 0.3 is 0 Å². The van der Waals surface area contributed by atoms with Gasteiger partial charge in [0.2, 0.25) is 27.7 Å². The molecule has 0 spiro atoms. The molecule has 1 aliphatic heterocycles. The van der Waals surface area contributed by atoms with E-state index in [1.165, 1.54) is 15.6 Å². The van der Waals surface area contributed by atoms with Crippen molar-refractivity contribution in [2.45, 2.75) is 62.8 Å². The highest BCUT2D eigenvalue weighted by Crippen LogP contribution is 2.36. The van der Waals surface area contributed by atoms with E-state index in [0.717, 1.165) is 31.2 Å². The zero-order valence-electron chi connectivity index (χ0n) is 24.9. The summed E-state index contributed by atoms with van der Waals surface area (Å²) < 4.78 is 33.6. The first-order valence-corrected chi connectivity index (χ1v) is 17.1. The van der Waals surface area contributed by atoms with Crippen LogP contribution in [0, 0.1) is 5.92 Å². The Bertz CT molecular complexity index is 1530. The highest BCUT2D eigenvalue weighted by molar-refractivity contribution is 7.89. The number of anilines is 1.